The third kappa shape index (κ3) is 4.49. The maximum Gasteiger partial charge on any atom is 0.253 e. The van der Waals surface area contributed by atoms with Crippen LogP contribution in [0.1, 0.15) is 36.5 Å². The molecule has 2 aliphatic rings. The Kier molecular flexibility index (Phi) is 5.58. The van der Waals surface area contributed by atoms with Gasteiger partial charge in [0.1, 0.15) is 0 Å². The molecule has 1 aromatic rings. The van der Waals surface area contributed by atoms with Gasteiger partial charge in [-0.1, -0.05) is 0 Å². The van der Waals surface area contributed by atoms with Crippen LogP contribution in [0, 0.1) is 0 Å². The summed E-state index contributed by atoms with van der Waals surface area (Å²) in [4.78, 5) is 18.6. The molecule has 0 aliphatic carbocycles. The second kappa shape index (κ2) is 7.70. The molecule has 2 saturated heterocycles. The lowest BCUT2D eigenvalue weighted by Gasteiger charge is -2.29. The molecule has 0 saturated carbocycles. The smallest absolute Gasteiger partial charge is 0.253 e. The van der Waals surface area contributed by atoms with Crippen LogP contribution in [0.4, 0.5) is 5.69 Å². The second-order valence-electron chi connectivity index (χ2n) is 6.62. The first-order chi connectivity index (χ1) is 12.0. The zero-order valence-corrected chi connectivity index (χ0v) is 15.3. The van der Waals surface area contributed by atoms with Crippen molar-refractivity contribution in [1.82, 2.24) is 10.3 Å². The van der Waals surface area contributed by atoms with Crippen molar-refractivity contribution < 1.29 is 17.9 Å². The standard InChI is InChI=1S/C17H25N3O4S/c1-2-20(14-5-7-25(22,23)12-14)15-8-13(9-18-10-15)17(21)19-11-16-4-3-6-24-16/h8-10,14,16H,2-7,11-12H2,1H3,(H,19,21). The number of carbonyl (C=O) groups is 1. The molecule has 2 aliphatic heterocycles. The first-order valence-corrected chi connectivity index (χ1v) is 10.6. The van der Waals surface area contributed by atoms with Gasteiger partial charge in [-0.2, -0.15) is 0 Å². The van der Waals surface area contributed by atoms with Gasteiger partial charge in [0.25, 0.3) is 5.91 Å². The molecule has 3 rings (SSSR count). The van der Waals surface area contributed by atoms with Crippen molar-refractivity contribution in [2.24, 2.45) is 0 Å². The molecule has 25 heavy (non-hydrogen) atoms. The van der Waals surface area contributed by atoms with E-state index in [2.05, 4.69) is 10.3 Å². The predicted octanol–water partition coefficient (Wildman–Crippen LogP) is 1.00. The summed E-state index contributed by atoms with van der Waals surface area (Å²) in [5, 5.41) is 2.89. The molecule has 2 atom stereocenters. The molecule has 0 spiro atoms. The molecule has 138 valence electrons. The van der Waals surface area contributed by atoms with Crippen LogP contribution in [-0.4, -0.2) is 62.7 Å². The fourth-order valence-electron chi connectivity index (χ4n) is 3.50. The maximum absolute atomic E-state index is 12.4. The molecule has 1 N–H and O–H groups in total. The number of anilines is 1. The van der Waals surface area contributed by atoms with Gasteiger partial charge in [-0.15, -0.1) is 0 Å². The Morgan fingerprint density at radius 1 is 1.40 bits per heavy atom. The Morgan fingerprint density at radius 3 is 2.88 bits per heavy atom. The molecule has 8 heteroatoms. The molecule has 0 radical (unpaired) electrons. The zero-order valence-electron chi connectivity index (χ0n) is 14.5. The van der Waals surface area contributed by atoms with Crippen LogP contribution in [-0.2, 0) is 14.6 Å². The lowest BCUT2D eigenvalue weighted by molar-refractivity contribution is 0.0857. The number of amides is 1. The van der Waals surface area contributed by atoms with Gasteiger partial charge >= 0.3 is 0 Å². The third-order valence-electron chi connectivity index (χ3n) is 4.82. The number of nitrogens with one attached hydrogen (secondary N) is 1. The highest BCUT2D eigenvalue weighted by molar-refractivity contribution is 7.91. The minimum absolute atomic E-state index is 0.0537. The summed E-state index contributed by atoms with van der Waals surface area (Å²) in [6.45, 7) is 3.91. The van der Waals surface area contributed by atoms with Crippen molar-refractivity contribution in [1.29, 1.82) is 0 Å². The molecule has 0 aromatic carbocycles. The van der Waals surface area contributed by atoms with Crippen LogP contribution in [0.5, 0.6) is 0 Å². The molecule has 3 heterocycles. The number of sulfone groups is 1. The highest BCUT2D eigenvalue weighted by atomic mass is 32.2. The van der Waals surface area contributed by atoms with E-state index in [4.69, 9.17) is 4.74 Å². The van der Waals surface area contributed by atoms with Crippen LogP contribution in [0.2, 0.25) is 0 Å². The fourth-order valence-corrected chi connectivity index (χ4v) is 5.23. The third-order valence-corrected chi connectivity index (χ3v) is 6.57. The van der Waals surface area contributed by atoms with Crippen molar-refractivity contribution in [2.75, 3.05) is 36.1 Å². The number of carbonyl (C=O) groups excluding carboxylic acids is 1. The van der Waals surface area contributed by atoms with E-state index in [9.17, 15) is 13.2 Å². The van der Waals surface area contributed by atoms with Crippen LogP contribution in [0.3, 0.4) is 0 Å². The first-order valence-electron chi connectivity index (χ1n) is 8.80. The van der Waals surface area contributed by atoms with E-state index < -0.39 is 9.84 Å². The van der Waals surface area contributed by atoms with Gasteiger partial charge in [0, 0.05) is 31.9 Å². The average Bonchev–Trinajstić information content (AvgIpc) is 3.23. The van der Waals surface area contributed by atoms with E-state index >= 15 is 0 Å². The topological polar surface area (TPSA) is 88.6 Å². The minimum Gasteiger partial charge on any atom is -0.376 e. The van der Waals surface area contributed by atoms with E-state index in [-0.39, 0.29) is 29.6 Å². The highest BCUT2D eigenvalue weighted by Crippen LogP contribution is 2.24. The number of hydrogen-bond acceptors (Lipinski definition) is 6. The lowest BCUT2D eigenvalue weighted by atomic mass is 10.1. The van der Waals surface area contributed by atoms with Gasteiger partial charge in [-0.25, -0.2) is 8.42 Å². The summed E-state index contributed by atoms with van der Waals surface area (Å²) in [6.07, 6.45) is 5.94. The summed E-state index contributed by atoms with van der Waals surface area (Å²) in [7, 11) is -2.96. The summed E-state index contributed by atoms with van der Waals surface area (Å²) < 4.78 is 29.0. The van der Waals surface area contributed by atoms with Gasteiger partial charge in [0.15, 0.2) is 9.84 Å². The molecule has 2 fully saturated rings. The number of pyridine rings is 1. The molecule has 0 bridgehead atoms. The number of rotatable bonds is 6. The Labute approximate surface area is 148 Å². The van der Waals surface area contributed by atoms with E-state index in [1.165, 1.54) is 6.20 Å². The van der Waals surface area contributed by atoms with Gasteiger partial charge in [0.2, 0.25) is 0 Å². The minimum atomic E-state index is -2.96. The molecule has 1 amide bonds. The molecule has 1 aromatic heterocycles. The molecular formula is C17H25N3O4S. The SMILES string of the molecule is CCN(c1cncc(C(=O)NCC2CCCO2)c1)C1CCS(=O)(=O)C1. The van der Waals surface area contributed by atoms with Gasteiger partial charge in [-0.3, -0.25) is 9.78 Å². The maximum atomic E-state index is 12.4. The van der Waals surface area contributed by atoms with Gasteiger partial charge < -0.3 is 15.0 Å². The lowest BCUT2D eigenvalue weighted by Crippen LogP contribution is -2.36. The van der Waals surface area contributed by atoms with Crippen molar-refractivity contribution >= 4 is 21.4 Å². The Bertz CT molecular complexity index is 716. The fraction of sp³-hybridized carbons (Fsp3) is 0.647. The number of hydrogen-bond donors (Lipinski definition) is 1. The number of aromatic nitrogens is 1. The van der Waals surface area contributed by atoms with Crippen LogP contribution in [0.15, 0.2) is 18.5 Å². The Hall–Kier alpha value is -1.67. The highest BCUT2D eigenvalue weighted by Gasteiger charge is 2.32. The van der Waals surface area contributed by atoms with Crippen molar-refractivity contribution in [3.8, 4) is 0 Å². The second-order valence-corrected chi connectivity index (χ2v) is 8.85. The molecule has 2 unspecified atom stereocenters. The van der Waals surface area contributed by atoms with Crippen molar-refractivity contribution in [2.45, 2.75) is 38.3 Å². The van der Waals surface area contributed by atoms with Crippen molar-refractivity contribution in [3.63, 3.8) is 0 Å². The van der Waals surface area contributed by atoms with E-state index in [0.717, 1.165) is 25.1 Å². The quantitative estimate of drug-likeness (QED) is 0.807. The van der Waals surface area contributed by atoms with Crippen LogP contribution >= 0.6 is 0 Å². The Morgan fingerprint density at radius 2 is 2.24 bits per heavy atom. The van der Waals surface area contributed by atoms with Gasteiger partial charge in [0.05, 0.1) is 35.1 Å². The van der Waals surface area contributed by atoms with Gasteiger partial charge in [-0.05, 0) is 32.3 Å². The van der Waals surface area contributed by atoms with E-state index in [1.807, 2.05) is 11.8 Å². The van der Waals surface area contributed by atoms with E-state index in [0.29, 0.717) is 25.1 Å². The predicted molar refractivity (Wildman–Crippen MR) is 95.6 cm³/mol. The zero-order chi connectivity index (χ0) is 17.9. The van der Waals surface area contributed by atoms with Crippen LogP contribution < -0.4 is 10.2 Å². The molecular weight excluding hydrogens is 342 g/mol. The summed E-state index contributed by atoms with van der Waals surface area (Å²) in [5.41, 5.74) is 1.27. The summed E-state index contributed by atoms with van der Waals surface area (Å²) in [6, 6.07) is 1.73. The van der Waals surface area contributed by atoms with E-state index in [1.54, 1.807) is 12.3 Å². The summed E-state index contributed by atoms with van der Waals surface area (Å²) >= 11 is 0. The molecule has 7 nitrogen and oxygen atoms in total. The van der Waals surface area contributed by atoms with Crippen molar-refractivity contribution in [3.05, 3.63) is 24.0 Å². The largest absolute Gasteiger partial charge is 0.376 e. The number of nitrogens with zero attached hydrogens (tertiary/aromatic N) is 2. The Balaban J connectivity index is 1.68. The normalized spacial score (nSPS) is 25.0. The average molecular weight is 367 g/mol. The summed E-state index contributed by atoms with van der Waals surface area (Å²) in [5.74, 6) is 0.208. The van der Waals surface area contributed by atoms with Crippen LogP contribution in [0.25, 0.3) is 0 Å². The first kappa shape index (κ1) is 18.1. The number of ether oxygens (including phenoxy) is 1. The monoisotopic (exact) mass is 367 g/mol.